The van der Waals surface area contributed by atoms with Crippen LogP contribution in [0.3, 0.4) is 0 Å². The number of hydrogen-bond acceptors (Lipinski definition) is 5. The van der Waals surface area contributed by atoms with Gasteiger partial charge in [0.05, 0.1) is 23.6 Å². The summed E-state index contributed by atoms with van der Waals surface area (Å²) in [4.78, 5) is 29.4. The molecule has 26 heavy (non-hydrogen) atoms. The summed E-state index contributed by atoms with van der Waals surface area (Å²) in [6.45, 7) is 4.67. The van der Waals surface area contributed by atoms with E-state index in [-0.39, 0.29) is 11.5 Å². The van der Waals surface area contributed by atoms with Gasteiger partial charge in [-0.15, -0.1) is 23.2 Å². The molecule has 1 aromatic heterocycles. The molecule has 1 aromatic carbocycles. The van der Waals surface area contributed by atoms with Gasteiger partial charge in [-0.2, -0.15) is 0 Å². The van der Waals surface area contributed by atoms with Gasteiger partial charge in [0.25, 0.3) is 5.56 Å². The second-order valence-corrected chi connectivity index (χ2v) is 9.43. The van der Waals surface area contributed by atoms with Gasteiger partial charge in [0.2, 0.25) is 0 Å². The number of nitrogens with zero attached hydrogens (tertiary/aromatic N) is 2. The standard InChI is InChI=1S/C18H20Cl2N2O3S/c1-10(2)8-22-15(23)13-5-4-11(16(24)25-3)6-14(13)21-17(22)26-9-12-7-18(12,19)20/h4-6,10,12H,7-9H2,1-3H3/t12-/m1/s1. The summed E-state index contributed by atoms with van der Waals surface area (Å²) in [7, 11) is 1.32. The maximum atomic E-state index is 13.0. The van der Waals surface area contributed by atoms with Gasteiger partial charge < -0.3 is 4.74 Å². The number of ether oxygens (including phenoxy) is 1. The highest BCUT2D eigenvalue weighted by Gasteiger charge is 2.51. The van der Waals surface area contributed by atoms with Crippen LogP contribution in [-0.4, -0.2) is 32.7 Å². The van der Waals surface area contributed by atoms with Crippen LogP contribution in [0.1, 0.15) is 30.6 Å². The van der Waals surface area contributed by atoms with E-state index in [4.69, 9.17) is 27.9 Å². The van der Waals surface area contributed by atoms with Crippen molar-refractivity contribution in [3.05, 3.63) is 34.1 Å². The van der Waals surface area contributed by atoms with E-state index in [9.17, 15) is 9.59 Å². The molecule has 2 aromatic rings. The number of carbonyl (C=O) groups is 1. The Morgan fingerprint density at radius 3 is 2.73 bits per heavy atom. The monoisotopic (exact) mass is 414 g/mol. The molecule has 1 heterocycles. The Morgan fingerprint density at radius 1 is 1.46 bits per heavy atom. The van der Waals surface area contributed by atoms with E-state index in [0.29, 0.717) is 39.8 Å². The Morgan fingerprint density at radius 2 is 2.15 bits per heavy atom. The third-order valence-corrected chi connectivity index (χ3v) is 6.32. The van der Waals surface area contributed by atoms with Crippen LogP contribution < -0.4 is 5.56 Å². The molecule has 0 radical (unpaired) electrons. The molecule has 5 nitrogen and oxygen atoms in total. The zero-order chi connectivity index (χ0) is 19.1. The zero-order valence-electron chi connectivity index (χ0n) is 14.8. The van der Waals surface area contributed by atoms with Crippen molar-refractivity contribution in [3.63, 3.8) is 0 Å². The van der Waals surface area contributed by atoms with Crippen molar-refractivity contribution in [3.8, 4) is 0 Å². The van der Waals surface area contributed by atoms with E-state index in [2.05, 4.69) is 18.8 Å². The lowest BCUT2D eigenvalue weighted by Crippen LogP contribution is -2.25. The predicted molar refractivity (Wildman–Crippen MR) is 105 cm³/mol. The van der Waals surface area contributed by atoms with E-state index < -0.39 is 10.3 Å². The molecule has 8 heteroatoms. The number of methoxy groups -OCH3 is 1. The third-order valence-electron chi connectivity index (χ3n) is 4.26. The van der Waals surface area contributed by atoms with Crippen LogP contribution in [0.5, 0.6) is 0 Å². The molecule has 3 rings (SSSR count). The highest BCUT2D eigenvalue weighted by atomic mass is 35.5. The van der Waals surface area contributed by atoms with Gasteiger partial charge in [-0.25, -0.2) is 9.78 Å². The lowest BCUT2D eigenvalue weighted by molar-refractivity contribution is 0.0601. The molecule has 0 spiro atoms. The first-order valence-electron chi connectivity index (χ1n) is 8.36. The van der Waals surface area contributed by atoms with Gasteiger partial charge in [0.1, 0.15) is 4.33 Å². The van der Waals surface area contributed by atoms with Crippen molar-refractivity contribution in [1.29, 1.82) is 0 Å². The summed E-state index contributed by atoms with van der Waals surface area (Å²) in [5, 5.41) is 1.10. The topological polar surface area (TPSA) is 61.2 Å². The summed E-state index contributed by atoms with van der Waals surface area (Å²) >= 11 is 13.7. The zero-order valence-corrected chi connectivity index (χ0v) is 17.1. The van der Waals surface area contributed by atoms with Crippen LogP contribution in [0.4, 0.5) is 0 Å². The van der Waals surface area contributed by atoms with Gasteiger partial charge in [0.15, 0.2) is 5.16 Å². The number of halogens is 2. The van der Waals surface area contributed by atoms with Crippen LogP contribution in [0.15, 0.2) is 28.2 Å². The van der Waals surface area contributed by atoms with Gasteiger partial charge in [-0.3, -0.25) is 9.36 Å². The van der Waals surface area contributed by atoms with Crippen molar-refractivity contribution >= 4 is 51.8 Å². The molecule has 1 aliphatic carbocycles. The van der Waals surface area contributed by atoms with E-state index in [1.165, 1.54) is 18.9 Å². The molecule has 0 amide bonds. The number of carbonyl (C=O) groups excluding carboxylic acids is 1. The SMILES string of the molecule is COC(=O)c1ccc2c(=O)n(CC(C)C)c(SC[C@H]3CC3(Cl)Cl)nc2c1. The lowest BCUT2D eigenvalue weighted by atomic mass is 10.1. The minimum absolute atomic E-state index is 0.110. The number of benzene rings is 1. The van der Waals surface area contributed by atoms with Crippen LogP contribution in [0.25, 0.3) is 10.9 Å². The lowest BCUT2D eigenvalue weighted by Gasteiger charge is -2.15. The fraction of sp³-hybridized carbons (Fsp3) is 0.500. The number of thioether (sulfide) groups is 1. The maximum Gasteiger partial charge on any atom is 0.337 e. The highest BCUT2D eigenvalue weighted by Crippen LogP contribution is 2.54. The second-order valence-electron chi connectivity index (χ2n) is 6.90. The molecule has 0 bridgehead atoms. The van der Waals surface area contributed by atoms with Crippen LogP contribution >= 0.6 is 35.0 Å². The Kier molecular flexibility index (Phi) is 5.56. The number of aromatic nitrogens is 2. The largest absolute Gasteiger partial charge is 0.465 e. The van der Waals surface area contributed by atoms with Gasteiger partial charge in [-0.05, 0) is 30.5 Å². The minimum atomic E-state index is -0.662. The normalized spacial score (nSPS) is 18.3. The number of esters is 1. The predicted octanol–water partition coefficient (Wildman–Crippen LogP) is 4.13. The van der Waals surface area contributed by atoms with E-state index >= 15 is 0 Å². The quantitative estimate of drug-likeness (QED) is 0.307. The molecule has 1 atom stereocenters. The first kappa shape index (κ1) is 19.5. The molecule has 1 fully saturated rings. The van der Waals surface area contributed by atoms with Gasteiger partial charge in [0, 0.05) is 18.2 Å². The van der Waals surface area contributed by atoms with Crippen LogP contribution in [0.2, 0.25) is 0 Å². The Hall–Kier alpha value is -1.24. The molecular weight excluding hydrogens is 395 g/mol. The molecule has 0 N–H and O–H groups in total. The first-order valence-corrected chi connectivity index (χ1v) is 10.1. The van der Waals surface area contributed by atoms with Gasteiger partial charge >= 0.3 is 5.97 Å². The number of alkyl halides is 2. The molecule has 0 unspecified atom stereocenters. The third kappa shape index (κ3) is 4.02. The number of fused-ring (bicyclic) bond motifs is 1. The molecular formula is C18H20Cl2N2O3S. The maximum absolute atomic E-state index is 13.0. The minimum Gasteiger partial charge on any atom is -0.465 e. The van der Waals surface area contributed by atoms with Crippen LogP contribution in [-0.2, 0) is 11.3 Å². The summed E-state index contributed by atoms with van der Waals surface area (Å²) in [5.74, 6) is 0.722. The van der Waals surface area contributed by atoms with Crippen molar-refractivity contribution in [1.82, 2.24) is 9.55 Å². The van der Waals surface area contributed by atoms with E-state index in [0.717, 1.165) is 6.42 Å². The summed E-state index contributed by atoms with van der Waals surface area (Å²) < 4.78 is 5.78. The summed E-state index contributed by atoms with van der Waals surface area (Å²) in [6, 6.07) is 4.81. The molecule has 0 saturated heterocycles. The molecule has 1 aliphatic rings. The summed E-state index contributed by atoms with van der Waals surface area (Å²) in [6.07, 6.45) is 0.748. The average Bonchev–Trinajstić information content (AvgIpc) is 3.21. The second kappa shape index (κ2) is 7.41. The van der Waals surface area contributed by atoms with E-state index in [1.54, 1.807) is 22.8 Å². The smallest absolute Gasteiger partial charge is 0.337 e. The molecule has 1 saturated carbocycles. The van der Waals surface area contributed by atoms with Crippen LogP contribution in [0, 0.1) is 11.8 Å². The fourth-order valence-corrected chi connectivity index (χ4v) is 4.65. The van der Waals surface area contributed by atoms with Gasteiger partial charge in [-0.1, -0.05) is 25.6 Å². The van der Waals surface area contributed by atoms with Crippen molar-refractivity contribution in [2.75, 3.05) is 12.9 Å². The Bertz CT molecular complexity index is 911. The molecule has 140 valence electrons. The van der Waals surface area contributed by atoms with Crippen molar-refractivity contribution in [2.45, 2.75) is 36.3 Å². The fourth-order valence-electron chi connectivity index (χ4n) is 2.71. The number of hydrogen-bond donors (Lipinski definition) is 0. The van der Waals surface area contributed by atoms with E-state index in [1.807, 2.05) is 0 Å². The van der Waals surface area contributed by atoms with Crippen molar-refractivity contribution in [2.24, 2.45) is 11.8 Å². The van der Waals surface area contributed by atoms with Crippen molar-refractivity contribution < 1.29 is 9.53 Å². The first-order chi connectivity index (χ1) is 12.2. The highest BCUT2D eigenvalue weighted by molar-refractivity contribution is 7.99. The summed E-state index contributed by atoms with van der Waals surface area (Å²) in [5.41, 5.74) is 0.743. The average molecular weight is 415 g/mol. The number of rotatable bonds is 6. The Balaban J connectivity index is 2.03. The Labute approximate surface area is 166 Å². The molecule has 0 aliphatic heterocycles.